The second-order valence-corrected chi connectivity index (χ2v) is 19.2. The van der Waals surface area contributed by atoms with Crippen molar-refractivity contribution in [2.45, 2.75) is 97.3 Å². The first-order valence-corrected chi connectivity index (χ1v) is 23.7. The maximum atomic E-state index is 14.2. The monoisotopic (exact) mass is 898 g/mol. The number of nitrogens with zero attached hydrogens (tertiary/aromatic N) is 9. The van der Waals surface area contributed by atoms with Crippen LogP contribution in [0.15, 0.2) is 36.4 Å². The SMILES string of the molecule is COC[C@H]1CN(c2ccc3nc4n(c3c2)C[C@@H]2CC[C@H](COc3c(c(C)nn3C)-c3cc(cc(C)n3)C(=O)N4)C2)CCN1C1CCN(c2c(C)cc(NC3CCC(=O)NC3=O)nc2C)CC1. The lowest BCUT2D eigenvalue weighted by atomic mass is 9.98. The zero-order valence-electron chi connectivity index (χ0n) is 39.0. The Morgan fingerprint density at radius 1 is 0.848 bits per heavy atom. The average molecular weight is 899 g/mol. The number of benzene rings is 1. The predicted octanol–water partition coefficient (Wildman–Crippen LogP) is 5.54. The fourth-order valence-corrected chi connectivity index (χ4v) is 11.5. The summed E-state index contributed by atoms with van der Waals surface area (Å²) in [6, 6.07) is 12.4. The number of hydrogen-bond acceptors (Lipinski definition) is 13. The number of piperidine rings is 2. The van der Waals surface area contributed by atoms with Crippen LogP contribution in [0.3, 0.4) is 0 Å². The van der Waals surface area contributed by atoms with E-state index in [-0.39, 0.29) is 23.8 Å². The standard InChI is InChI=1S/C49H62N12O5/c1-28-19-42(52-39-11-12-43(62)54-47(39)64)51-31(4)45(28)58-15-13-35(14-16-58)60-18-17-59(25-37(60)27-65-6)36-9-10-38-41(23-36)61-24-32-7-8-33(21-32)26-66-48-44(30(3)56-57(48)5)40-22-34(20-29(2)50-40)46(63)55-49(61)53-38/h9-10,19-20,22-23,32-33,35,37,39H,7-8,11-18,21,24-27H2,1-6H3,(H,51,52)(H,53,55,63)(H,54,62,64)/t32-,33+,37-,39?/m1/s1. The number of pyridine rings is 2. The Kier molecular flexibility index (Phi) is 11.9. The quantitative estimate of drug-likeness (QED) is 0.174. The van der Waals surface area contributed by atoms with Crippen molar-refractivity contribution in [1.82, 2.24) is 39.5 Å². The lowest BCUT2D eigenvalue weighted by Gasteiger charge is -2.48. The Bertz CT molecular complexity index is 2660. The Hall–Kier alpha value is -6.07. The van der Waals surface area contributed by atoms with E-state index < -0.39 is 6.04 Å². The van der Waals surface area contributed by atoms with Crippen LogP contribution in [-0.4, -0.2) is 123 Å². The molecule has 8 heterocycles. The van der Waals surface area contributed by atoms with Gasteiger partial charge in [-0.1, -0.05) is 0 Å². The van der Waals surface area contributed by atoms with E-state index in [1.807, 2.05) is 46.0 Å². The Morgan fingerprint density at radius 3 is 2.45 bits per heavy atom. The fourth-order valence-electron chi connectivity index (χ4n) is 11.5. The van der Waals surface area contributed by atoms with Crippen LogP contribution in [0.1, 0.15) is 77.9 Å². The van der Waals surface area contributed by atoms with Crippen molar-refractivity contribution in [2.24, 2.45) is 18.9 Å². The van der Waals surface area contributed by atoms with Gasteiger partial charge in [-0.05, 0) is 120 Å². The summed E-state index contributed by atoms with van der Waals surface area (Å²) in [6.07, 6.45) is 6.02. The summed E-state index contributed by atoms with van der Waals surface area (Å²) in [7, 11) is 3.70. The second-order valence-electron chi connectivity index (χ2n) is 19.2. The zero-order chi connectivity index (χ0) is 45.8. The number of piperazine rings is 1. The van der Waals surface area contributed by atoms with Gasteiger partial charge in [0, 0.05) is 82.8 Å². The van der Waals surface area contributed by atoms with Crippen LogP contribution in [0.5, 0.6) is 5.88 Å². The highest BCUT2D eigenvalue weighted by molar-refractivity contribution is 6.05. The average Bonchev–Trinajstić information content (AvgIpc) is 3.97. The summed E-state index contributed by atoms with van der Waals surface area (Å²) in [6.45, 7) is 14.5. The number of carbonyl (C=O) groups excluding carboxylic acids is 3. The molecule has 5 aliphatic rings. The molecule has 1 aromatic carbocycles. The van der Waals surface area contributed by atoms with Crippen LogP contribution in [0, 0.1) is 39.5 Å². The number of aromatic nitrogens is 6. The molecule has 3 amide bonds. The maximum absolute atomic E-state index is 14.2. The maximum Gasteiger partial charge on any atom is 0.258 e. The Balaban J connectivity index is 0.852. The number of anilines is 4. The third-order valence-electron chi connectivity index (χ3n) is 14.6. The summed E-state index contributed by atoms with van der Waals surface area (Å²) in [5.74, 6) is 1.96. The van der Waals surface area contributed by atoms with E-state index in [4.69, 9.17) is 24.4 Å². The molecule has 348 valence electrons. The summed E-state index contributed by atoms with van der Waals surface area (Å²) in [4.78, 5) is 60.6. The number of rotatable bonds is 7. The highest BCUT2D eigenvalue weighted by Crippen LogP contribution is 2.39. The highest BCUT2D eigenvalue weighted by atomic mass is 16.5. The molecule has 10 rings (SSSR count). The summed E-state index contributed by atoms with van der Waals surface area (Å²) in [5.41, 5.74) is 9.77. The summed E-state index contributed by atoms with van der Waals surface area (Å²) >= 11 is 0. The number of aryl methyl sites for hydroxylation is 5. The lowest BCUT2D eigenvalue weighted by Crippen LogP contribution is -2.60. The molecule has 1 saturated carbocycles. The minimum Gasteiger partial charge on any atom is -0.477 e. The molecule has 4 bridgehead atoms. The van der Waals surface area contributed by atoms with Crippen molar-refractivity contribution in [2.75, 3.05) is 73.5 Å². The van der Waals surface area contributed by atoms with Crippen LogP contribution >= 0.6 is 0 Å². The normalized spacial score (nSPS) is 23.2. The number of fused-ring (bicyclic) bond motifs is 9. The van der Waals surface area contributed by atoms with Gasteiger partial charge in [0.15, 0.2) is 0 Å². The van der Waals surface area contributed by atoms with Gasteiger partial charge >= 0.3 is 0 Å². The van der Waals surface area contributed by atoms with Gasteiger partial charge in [0.25, 0.3) is 5.91 Å². The van der Waals surface area contributed by atoms with Gasteiger partial charge in [0.1, 0.15) is 11.9 Å². The van der Waals surface area contributed by atoms with Crippen molar-refractivity contribution >= 4 is 51.9 Å². The number of imidazole rings is 1. The molecule has 4 aliphatic heterocycles. The van der Waals surface area contributed by atoms with Gasteiger partial charge in [0.05, 0.1) is 58.6 Å². The van der Waals surface area contributed by atoms with Gasteiger partial charge in [0.2, 0.25) is 23.6 Å². The molecule has 66 heavy (non-hydrogen) atoms. The molecule has 0 spiro atoms. The van der Waals surface area contributed by atoms with Gasteiger partial charge in [-0.3, -0.25) is 34.9 Å². The van der Waals surface area contributed by atoms with Crippen molar-refractivity contribution in [3.63, 3.8) is 0 Å². The summed E-state index contributed by atoms with van der Waals surface area (Å²) in [5, 5.41) is 13.6. The van der Waals surface area contributed by atoms with Crippen molar-refractivity contribution in [3.8, 4) is 17.1 Å². The predicted molar refractivity (Wildman–Crippen MR) is 253 cm³/mol. The topological polar surface area (TPSA) is 177 Å². The van der Waals surface area contributed by atoms with Crippen LogP contribution < -0.4 is 30.5 Å². The number of methoxy groups -OCH3 is 1. The van der Waals surface area contributed by atoms with Gasteiger partial charge in [-0.25, -0.2) is 14.6 Å². The fraction of sp³-hybridized carbons (Fsp3) is 0.531. The first-order chi connectivity index (χ1) is 31.9. The van der Waals surface area contributed by atoms with Gasteiger partial charge < -0.3 is 29.2 Å². The molecule has 17 nitrogen and oxygen atoms in total. The minimum absolute atomic E-state index is 0.221. The van der Waals surface area contributed by atoms with Gasteiger partial charge in [-0.15, -0.1) is 0 Å². The lowest BCUT2D eigenvalue weighted by molar-refractivity contribution is -0.133. The largest absolute Gasteiger partial charge is 0.477 e. The van der Waals surface area contributed by atoms with Crippen LogP contribution in [0.25, 0.3) is 22.3 Å². The Labute approximate surface area is 385 Å². The highest BCUT2D eigenvalue weighted by Gasteiger charge is 2.36. The molecule has 4 aromatic heterocycles. The molecule has 3 saturated heterocycles. The van der Waals surface area contributed by atoms with E-state index in [2.05, 4.69) is 65.4 Å². The van der Waals surface area contributed by atoms with E-state index in [0.717, 1.165) is 122 Å². The third kappa shape index (κ3) is 8.58. The minimum atomic E-state index is -0.469. The molecule has 1 unspecified atom stereocenters. The molecule has 4 atom stereocenters. The number of amides is 3. The van der Waals surface area contributed by atoms with Crippen molar-refractivity contribution in [1.29, 1.82) is 0 Å². The van der Waals surface area contributed by atoms with Crippen LogP contribution in [0.2, 0.25) is 0 Å². The molecule has 17 heteroatoms. The van der Waals surface area contributed by atoms with Crippen LogP contribution in [-0.2, 0) is 27.9 Å². The number of imide groups is 1. The van der Waals surface area contributed by atoms with Crippen LogP contribution in [0.4, 0.5) is 23.1 Å². The van der Waals surface area contributed by atoms with E-state index in [1.165, 1.54) is 0 Å². The van der Waals surface area contributed by atoms with Gasteiger partial charge in [-0.2, -0.15) is 5.10 Å². The number of carbonyl (C=O) groups is 3. The number of hydrogen-bond donors (Lipinski definition) is 3. The number of nitrogens with one attached hydrogen (secondary N) is 3. The molecule has 4 fully saturated rings. The third-order valence-corrected chi connectivity index (χ3v) is 14.6. The first-order valence-electron chi connectivity index (χ1n) is 23.7. The molecular formula is C49H62N12O5. The van der Waals surface area contributed by atoms with Crippen molar-refractivity contribution < 1.29 is 23.9 Å². The molecule has 5 aromatic rings. The molecule has 3 N–H and O–H groups in total. The molecule has 0 radical (unpaired) electrons. The smallest absolute Gasteiger partial charge is 0.258 e. The molecule has 1 aliphatic carbocycles. The zero-order valence-corrected chi connectivity index (χ0v) is 39.0. The second kappa shape index (κ2) is 18.0. The number of ether oxygens (including phenoxy) is 2. The Morgan fingerprint density at radius 2 is 1.67 bits per heavy atom. The van der Waals surface area contributed by atoms with Crippen molar-refractivity contribution in [3.05, 3.63) is 64.6 Å². The first kappa shape index (κ1) is 43.8. The van der Waals surface area contributed by atoms with E-state index in [9.17, 15) is 14.4 Å². The van der Waals surface area contributed by atoms with E-state index in [0.29, 0.717) is 72.8 Å². The van der Waals surface area contributed by atoms with E-state index >= 15 is 0 Å². The molecular weight excluding hydrogens is 837 g/mol. The van der Waals surface area contributed by atoms with E-state index in [1.54, 1.807) is 11.8 Å². The summed E-state index contributed by atoms with van der Waals surface area (Å²) < 4.78 is 16.5.